The Morgan fingerprint density at radius 1 is 1.62 bits per heavy atom. The number of hydrogen-bond acceptors (Lipinski definition) is 3. The zero-order valence-corrected chi connectivity index (χ0v) is 6.79. The lowest BCUT2D eigenvalue weighted by Gasteiger charge is -2.06. The summed E-state index contributed by atoms with van der Waals surface area (Å²) in [5.41, 5.74) is -0.588. The highest BCUT2D eigenvalue weighted by Gasteiger charge is 2.16. The number of hydrogen-bond donors (Lipinski definition) is 1. The lowest BCUT2D eigenvalue weighted by Crippen LogP contribution is -1.99. The topological polar surface area (TPSA) is 50.2 Å². The molecule has 0 radical (unpaired) electrons. The lowest BCUT2D eigenvalue weighted by atomic mass is 10.1. The molecule has 1 aromatic rings. The van der Waals surface area contributed by atoms with Crippen LogP contribution in [0.3, 0.4) is 0 Å². The SMILES string of the molecule is Cc1c(C(F)F)ncc(O)c1C=O. The second-order valence-electron chi connectivity index (χ2n) is 2.49. The second kappa shape index (κ2) is 3.47. The highest BCUT2D eigenvalue weighted by molar-refractivity contribution is 5.81. The lowest BCUT2D eigenvalue weighted by molar-refractivity contribution is 0.111. The first-order chi connectivity index (χ1) is 6.07. The Bertz CT molecular complexity index is 339. The third kappa shape index (κ3) is 1.63. The van der Waals surface area contributed by atoms with Gasteiger partial charge in [-0.05, 0) is 12.5 Å². The molecule has 1 heterocycles. The van der Waals surface area contributed by atoms with Crippen LogP contribution < -0.4 is 0 Å². The molecule has 1 rings (SSSR count). The van der Waals surface area contributed by atoms with Crippen LogP contribution >= 0.6 is 0 Å². The molecule has 70 valence electrons. The Morgan fingerprint density at radius 2 is 2.23 bits per heavy atom. The van der Waals surface area contributed by atoms with Gasteiger partial charge in [0.15, 0.2) is 6.29 Å². The first-order valence-corrected chi connectivity index (χ1v) is 3.49. The summed E-state index contributed by atoms with van der Waals surface area (Å²) < 4.78 is 24.4. The normalized spacial score (nSPS) is 10.5. The van der Waals surface area contributed by atoms with Gasteiger partial charge in [0.05, 0.1) is 11.8 Å². The van der Waals surface area contributed by atoms with E-state index in [0.717, 1.165) is 6.20 Å². The van der Waals surface area contributed by atoms with Crippen molar-refractivity contribution in [1.29, 1.82) is 0 Å². The molecule has 0 atom stereocenters. The van der Waals surface area contributed by atoms with E-state index < -0.39 is 12.1 Å². The number of pyridine rings is 1. The van der Waals surface area contributed by atoms with Crippen LogP contribution in [0.2, 0.25) is 0 Å². The summed E-state index contributed by atoms with van der Waals surface area (Å²) in [5, 5.41) is 9.06. The van der Waals surface area contributed by atoms with Crippen molar-refractivity contribution in [2.45, 2.75) is 13.3 Å². The molecule has 0 aliphatic rings. The average Bonchev–Trinajstić information content (AvgIpc) is 2.04. The summed E-state index contributed by atoms with van der Waals surface area (Å²) >= 11 is 0. The number of carbonyl (C=O) groups is 1. The molecule has 0 saturated carbocycles. The van der Waals surface area contributed by atoms with E-state index in [1.54, 1.807) is 0 Å². The minimum Gasteiger partial charge on any atom is -0.506 e. The summed E-state index contributed by atoms with van der Waals surface area (Å²) in [5.74, 6) is -0.378. The zero-order valence-electron chi connectivity index (χ0n) is 6.79. The number of alkyl halides is 2. The van der Waals surface area contributed by atoms with Gasteiger partial charge in [-0.15, -0.1) is 0 Å². The van der Waals surface area contributed by atoms with Gasteiger partial charge < -0.3 is 5.11 Å². The van der Waals surface area contributed by atoms with Gasteiger partial charge in [0.25, 0.3) is 6.43 Å². The number of halogens is 2. The van der Waals surface area contributed by atoms with Crippen LogP contribution in [-0.4, -0.2) is 16.4 Å². The van der Waals surface area contributed by atoms with E-state index in [2.05, 4.69) is 4.98 Å². The van der Waals surface area contributed by atoms with E-state index in [0.29, 0.717) is 6.29 Å². The van der Waals surface area contributed by atoms with E-state index >= 15 is 0 Å². The molecule has 1 aromatic heterocycles. The number of aldehydes is 1. The van der Waals surface area contributed by atoms with Gasteiger partial charge in [-0.25, -0.2) is 8.78 Å². The summed E-state index contributed by atoms with van der Waals surface area (Å²) in [6.45, 7) is 1.32. The summed E-state index contributed by atoms with van der Waals surface area (Å²) in [6.07, 6.45) is -1.56. The molecular formula is C8H7F2NO2. The molecule has 3 nitrogen and oxygen atoms in total. The fourth-order valence-electron chi connectivity index (χ4n) is 0.996. The van der Waals surface area contributed by atoms with Gasteiger partial charge in [0.1, 0.15) is 11.4 Å². The zero-order chi connectivity index (χ0) is 10.0. The molecule has 0 aromatic carbocycles. The largest absolute Gasteiger partial charge is 0.506 e. The van der Waals surface area contributed by atoms with Crippen LogP contribution in [0.4, 0.5) is 8.78 Å². The number of aromatic nitrogens is 1. The maximum absolute atomic E-state index is 12.2. The van der Waals surface area contributed by atoms with Crippen molar-refractivity contribution in [2.75, 3.05) is 0 Å². The Morgan fingerprint density at radius 3 is 2.69 bits per heavy atom. The molecule has 0 saturated heterocycles. The first-order valence-electron chi connectivity index (χ1n) is 3.49. The Balaban J connectivity index is 3.35. The monoisotopic (exact) mass is 187 g/mol. The first kappa shape index (κ1) is 9.57. The summed E-state index contributed by atoms with van der Waals surface area (Å²) in [4.78, 5) is 13.7. The molecule has 0 unspecified atom stereocenters. The van der Waals surface area contributed by atoms with Crippen molar-refractivity contribution in [3.8, 4) is 5.75 Å². The van der Waals surface area contributed by atoms with Gasteiger partial charge in [0, 0.05) is 0 Å². The Kier molecular flexibility index (Phi) is 2.55. The molecule has 5 heteroatoms. The van der Waals surface area contributed by atoms with Crippen LogP contribution in [0.1, 0.15) is 28.0 Å². The predicted octanol–water partition coefficient (Wildman–Crippen LogP) is 1.85. The van der Waals surface area contributed by atoms with Gasteiger partial charge in [-0.2, -0.15) is 0 Å². The van der Waals surface area contributed by atoms with Crippen molar-refractivity contribution in [3.05, 3.63) is 23.0 Å². The van der Waals surface area contributed by atoms with E-state index in [-0.39, 0.29) is 16.9 Å². The number of nitrogens with zero attached hydrogens (tertiary/aromatic N) is 1. The quantitative estimate of drug-likeness (QED) is 0.718. The van der Waals surface area contributed by atoms with Crippen molar-refractivity contribution >= 4 is 6.29 Å². The molecule has 13 heavy (non-hydrogen) atoms. The highest BCUT2D eigenvalue weighted by Crippen LogP contribution is 2.26. The smallest absolute Gasteiger partial charge is 0.280 e. The van der Waals surface area contributed by atoms with Crippen molar-refractivity contribution in [1.82, 2.24) is 4.98 Å². The maximum atomic E-state index is 12.2. The van der Waals surface area contributed by atoms with Crippen LogP contribution in [0.25, 0.3) is 0 Å². The maximum Gasteiger partial charge on any atom is 0.280 e. The average molecular weight is 187 g/mol. The molecule has 1 N–H and O–H groups in total. The fourth-order valence-corrected chi connectivity index (χ4v) is 0.996. The molecule has 0 aliphatic heterocycles. The number of rotatable bonds is 2. The third-order valence-corrected chi connectivity index (χ3v) is 1.71. The molecule has 0 amide bonds. The molecule has 0 aliphatic carbocycles. The van der Waals surface area contributed by atoms with Crippen molar-refractivity contribution in [2.24, 2.45) is 0 Å². The standard InChI is InChI=1S/C8H7F2NO2/c1-4-5(3-12)6(13)2-11-7(4)8(9)10/h2-3,8,13H,1H3. The van der Waals surface area contributed by atoms with E-state index in [1.165, 1.54) is 6.92 Å². The van der Waals surface area contributed by atoms with E-state index in [4.69, 9.17) is 5.11 Å². The van der Waals surface area contributed by atoms with E-state index in [9.17, 15) is 13.6 Å². The van der Waals surface area contributed by atoms with Gasteiger partial charge in [-0.3, -0.25) is 9.78 Å². The van der Waals surface area contributed by atoms with E-state index in [1.807, 2.05) is 0 Å². The minimum absolute atomic E-state index is 0.0185. The Hall–Kier alpha value is -1.52. The highest BCUT2D eigenvalue weighted by atomic mass is 19.3. The summed E-state index contributed by atoms with van der Waals surface area (Å²) in [7, 11) is 0. The van der Waals surface area contributed by atoms with Crippen LogP contribution in [0, 0.1) is 6.92 Å². The number of aromatic hydroxyl groups is 1. The second-order valence-corrected chi connectivity index (χ2v) is 2.49. The molecule has 0 spiro atoms. The van der Waals surface area contributed by atoms with Crippen LogP contribution in [0.15, 0.2) is 6.20 Å². The predicted molar refractivity (Wildman–Crippen MR) is 41.0 cm³/mol. The molecule has 0 bridgehead atoms. The molecule has 0 fully saturated rings. The van der Waals surface area contributed by atoms with Crippen LogP contribution in [-0.2, 0) is 0 Å². The fraction of sp³-hybridized carbons (Fsp3) is 0.250. The van der Waals surface area contributed by atoms with Gasteiger partial charge in [-0.1, -0.05) is 0 Å². The van der Waals surface area contributed by atoms with Crippen molar-refractivity contribution in [3.63, 3.8) is 0 Å². The Labute approximate surface area is 73.0 Å². The van der Waals surface area contributed by atoms with Gasteiger partial charge >= 0.3 is 0 Å². The summed E-state index contributed by atoms with van der Waals surface area (Å²) in [6, 6.07) is 0. The van der Waals surface area contributed by atoms with Crippen LogP contribution in [0.5, 0.6) is 5.75 Å². The number of carbonyl (C=O) groups excluding carboxylic acids is 1. The molecular weight excluding hydrogens is 180 g/mol. The minimum atomic E-state index is -2.74. The third-order valence-electron chi connectivity index (χ3n) is 1.71. The van der Waals surface area contributed by atoms with Gasteiger partial charge in [0.2, 0.25) is 0 Å². The van der Waals surface area contributed by atoms with Crippen molar-refractivity contribution < 1.29 is 18.7 Å².